The third kappa shape index (κ3) is 5.29. The van der Waals surface area contributed by atoms with E-state index in [-0.39, 0.29) is 17.4 Å². The molecule has 2 atom stereocenters. The molecule has 0 aliphatic heterocycles. The fourth-order valence-corrected chi connectivity index (χ4v) is 2.59. The van der Waals surface area contributed by atoms with Gasteiger partial charge in [-0.2, -0.15) is 0 Å². The van der Waals surface area contributed by atoms with Gasteiger partial charge < -0.3 is 10.0 Å². The second kappa shape index (κ2) is 7.61. The third-order valence-corrected chi connectivity index (χ3v) is 3.28. The van der Waals surface area contributed by atoms with Crippen LogP contribution in [0.15, 0.2) is 24.3 Å². The van der Waals surface area contributed by atoms with Crippen LogP contribution in [0.4, 0.5) is 5.69 Å². The van der Waals surface area contributed by atoms with Crippen LogP contribution in [0.25, 0.3) is 0 Å². The minimum atomic E-state index is -0.755. The predicted octanol–water partition coefficient (Wildman–Crippen LogP) is 4.07. The van der Waals surface area contributed by atoms with Gasteiger partial charge in [0.15, 0.2) is 0 Å². The summed E-state index contributed by atoms with van der Waals surface area (Å²) in [4.78, 5) is 12.4. The van der Waals surface area contributed by atoms with Crippen molar-refractivity contribution in [1.29, 1.82) is 0 Å². The van der Waals surface area contributed by atoms with Crippen LogP contribution in [0, 0.1) is 0 Å². The van der Waals surface area contributed by atoms with Gasteiger partial charge in [-0.3, -0.25) is 4.79 Å². The molecule has 0 saturated heterocycles. The summed E-state index contributed by atoms with van der Waals surface area (Å²) in [5.74, 6) is -0.755. The summed E-state index contributed by atoms with van der Waals surface area (Å²) in [6, 6.07) is 7.91. The molecular weight excluding hydrogens is 285 g/mol. The van der Waals surface area contributed by atoms with Crippen molar-refractivity contribution in [2.75, 3.05) is 4.90 Å². The molecule has 0 amide bonds. The Morgan fingerprint density at radius 3 is 2.16 bits per heavy atom. The molecule has 1 N–H and O–H groups in total. The van der Waals surface area contributed by atoms with Gasteiger partial charge in [0.1, 0.15) is 11.0 Å². The number of rotatable bonds is 7. The van der Waals surface area contributed by atoms with Gasteiger partial charge in [-0.05, 0) is 44.4 Å². The zero-order chi connectivity index (χ0) is 14.4. The number of nitrogens with zero attached hydrogens (tertiary/aromatic N) is 1. The first-order chi connectivity index (χ1) is 8.91. The number of anilines is 1. The van der Waals surface area contributed by atoms with Crippen LogP contribution < -0.4 is 4.90 Å². The van der Waals surface area contributed by atoms with Crippen LogP contribution in [0.5, 0.6) is 0 Å². The molecule has 0 spiro atoms. The first-order valence-corrected chi connectivity index (χ1v) is 7.16. The van der Waals surface area contributed by atoms with Crippen molar-refractivity contribution in [3.05, 3.63) is 29.8 Å². The van der Waals surface area contributed by atoms with Crippen molar-refractivity contribution in [1.82, 2.24) is 0 Å². The first kappa shape index (κ1) is 16.1. The number of benzene rings is 1. The molecule has 0 radical (unpaired) electrons. The van der Waals surface area contributed by atoms with Gasteiger partial charge in [-0.1, -0.05) is 35.3 Å². The van der Waals surface area contributed by atoms with Crippen LogP contribution in [-0.2, 0) is 11.2 Å². The Morgan fingerprint density at radius 1 is 1.21 bits per heavy atom. The van der Waals surface area contributed by atoms with Gasteiger partial charge >= 0.3 is 5.97 Å². The summed E-state index contributed by atoms with van der Waals surface area (Å²) in [6.45, 7) is 3.75. The largest absolute Gasteiger partial charge is 0.481 e. The fraction of sp³-hybridized carbons (Fsp3) is 0.500. The van der Waals surface area contributed by atoms with Crippen LogP contribution in [0.1, 0.15) is 32.3 Å². The van der Waals surface area contributed by atoms with E-state index in [0.29, 0.717) is 6.42 Å². The van der Waals surface area contributed by atoms with Crippen LogP contribution in [0.2, 0.25) is 0 Å². The van der Waals surface area contributed by atoms with E-state index >= 15 is 0 Å². The lowest BCUT2D eigenvalue weighted by atomic mass is 10.1. The van der Waals surface area contributed by atoms with Crippen LogP contribution in [0.3, 0.4) is 0 Å². The smallest absolute Gasteiger partial charge is 0.303 e. The standard InChI is InChI=1S/C14H19Cl2NO2/c1-10(15)17(11(2)16)13-8-6-12(7-9-13)4-3-5-14(18)19/h6-11H,3-5H2,1-2H3,(H,18,19). The Kier molecular flexibility index (Phi) is 6.46. The molecule has 0 aromatic heterocycles. The number of aliphatic carboxylic acids is 1. The number of carboxylic acid groups (broad SMARTS) is 1. The number of hydrogen-bond acceptors (Lipinski definition) is 2. The molecule has 1 aromatic carbocycles. The minimum Gasteiger partial charge on any atom is -0.481 e. The lowest BCUT2D eigenvalue weighted by Crippen LogP contribution is -2.34. The van der Waals surface area contributed by atoms with Crippen molar-refractivity contribution in [3.8, 4) is 0 Å². The molecule has 19 heavy (non-hydrogen) atoms. The van der Waals surface area contributed by atoms with Crippen molar-refractivity contribution in [2.45, 2.75) is 44.1 Å². The summed E-state index contributed by atoms with van der Waals surface area (Å²) < 4.78 is 0. The topological polar surface area (TPSA) is 40.5 Å². The van der Waals surface area contributed by atoms with Crippen LogP contribution in [-0.4, -0.2) is 22.1 Å². The Bertz CT molecular complexity index is 396. The molecule has 1 aromatic rings. The third-order valence-electron chi connectivity index (χ3n) is 2.86. The van der Waals surface area contributed by atoms with E-state index in [0.717, 1.165) is 17.7 Å². The molecule has 0 aliphatic carbocycles. The maximum atomic E-state index is 10.4. The highest BCUT2D eigenvalue weighted by Crippen LogP contribution is 2.24. The van der Waals surface area contributed by atoms with Gasteiger partial charge in [-0.15, -0.1) is 0 Å². The van der Waals surface area contributed by atoms with E-state index in [1.54, 1.807) is 0 Å². The van der Waals surface area contributed by atoms with Gasteiger partial charge in [0.2, 0.25) is 0 Å². The molecular formula is C14H19Cl2NO2. The highest BCUT2D eigenvalue weighted by Gasteiger charge is 2.16. The van der Waals surface area contributed by atoms with Crippen molar-refractivity contribution in [2.24, 2.45) is 0 Å². The molecule has 5 heteroatoms. The summed E-state index contributed by atoms with van der Waals surface area (Å²) in [7, 11) is 0. The van der Waals surface area contributed by atoms with Gasteiger partial charge in [0, 0.05) is 12.1 Å². The van der Waals surface area contributed by atoms with Crippen LogP contribution >= 0.6 is 23.2 Å². The lowest BCUT2D eigenvalue weighted by molar-refractivity contribution is -0.137. The predicted molar refractivity (Wildman–Crippen MR) is 80.1 cm³/mol. The molecule has 0 heterocycles. The van der Waals surface area contributed by atoms with E-state index in [1.165, 1.54) is 0 Å². The second-order valence-electron chi connectivity index (χ2n) is 4.47. The molecule has 0 fully saturated rings. The highest BCUT2D eigenvalue weighted by molar-refractivity contribution is 6.25. The van der Waals surface area contributed by atoms with Crippen molar-refractivity contribution in [3.63, 3.8) is 0 Å². The summed E-state index contributed by atoms with van der Waals surface area (Å²) in [6.07, 6.45) is 1.61. The van der Waals surface area contributed by atoms with Gasteiger partial charge in [0.05, 0.1) is 0 Å². The van der Waals surface area contributed by atoms with Crippen molar-refractivity contribution < 1.29 is 9.90 Å². The summed E-state index contributed by atoms with van der Waals surface area (Å²) >= 11 is 12.2. The minimum absolute atomic E-state index is 0.189. The van der Waals surface area contributed by atoms with E-state index in [4.69, 9.17) is 28.3 Å². The number of hydrogen-bond donors (Lipinski definition) is 1. The average molecular weight is 304 g/mol. The van der Waals surface area contributed by atoms with E-state index in [2.05, 4.69) is 0 Å². The van der Waals surface area contributed by atoms with Crippen molar-refractivity contribution >= 4 is 34.9 Å². The quantitative estimate of drug-likeness (QED) is 0.610. The molecule has 2 unspecified atom stereocenters. The lowest BCUT2D eigenvalue weighted by Gasteiger charge is -2.30. The Hall–Kier alpha value is -0.930. The first-order valence-electron chi connectivity index (χ1n) is 6.29. The number of carbonyl (C=O) groups is 1. The molecule has 0 bridgehead atoms. The van der Waals surface area contributed by atoms with E-state index < -0.39 is 5.97 Å². The molecule has 0 aliphatic rings. The highest BCUT2D eigenvalue weighted by atomic mass is 35.5. The maximum Gasteiger partial charge on any atom is 0.303 e. The fourth-order valence-electron chi connectivity index (χ4n) is 1.97. The number of alkyl halides is 2. The number of carboxylic acids is 1. The number of aryl methyl sites for hydroxylation is 1. The van der Waals surface area contributed by atoms with Gasteiger partial charge in [-0.25, -0.2) is 0 Å². The molecule has 3 nitrogen and oxygen atoms in total. The molecule has 0 saturated carbocycles. The zero-order valence-corrected chi connectivity index (χ0v) is 12.7. The molecule has 106 valence electrons. The Balaban J connectivity index is 2.67. The van der Waals surface area contributed by atoms with Gasteiger partial charge in [0.25, 0.3) is 0 Å². The zero-order valence-electron chi connectivity index (χ0n) is 11.1. The maximum absolute atomic E-state index is 10.4. The normalized spacial score (nSPS) is 13.9. The second-order valence-corrected chi connectivity index (χ2v) is 5.73. The summed E-state index contributed by atoms with van der Waals surface area (Å²) in [5.41, 5.74) is 1.71. The van der Waals surface area contributed by atoms with E-state index in [9.17, 15) is 4.79 Å². The Labute approximate surface area is 124 Å². The molecule has 1 rings (SSSR count). The summed E-state index contributed by atoms with van der Waals surface area (Å²) in [5, 5.41) is 8.59. The SMILES string of the molecule is CC(Cl)N(c1ccc(CCCC(=O)O)cc1)C(C)Cl. The number of halogens is 2. The average Bonchev–Trinajstić information content (AvgIpc) is 2.30. The monoisotopic (exact) mass is 303 g/mol. The van der Waals surface area contributed by atoms with E-state index in [1.807, 2.05) is 43.0 Å². The Morgan fingerprint density at radius 2 is 1.74 bits per heavy atom.